The Labute approximate surface area is 128 Å². The van der Waals surface area contributed by atoms with E-state index in [1.807, 2.05) is 24.3 Å². The minimum atomic E-state index is -4.37. The van der Waals surface area contributed by atoms with Gasteiger partial charge in [-0.3, -0.25) is 4.79 Å². The van der Waals surface area contributed by atoms with E-state index in [1.165, 1.54) is 0 Å². The number of ketones is 1. The molecule has 2 aromatic rings. The highest BCUT2D eigenvalue weighted by molar-refractivity contribution is 9.10. The fraction of sp³-hybridized carbons (Fsp3) is 0.267. The van der Waals surface area contributed by atoms with Gasteiger partial charge in [-0.1, -0.05) is 40.2 Å². The van der Waals surface area contributed by atoms with Crippen LogP contribution in [0.25, 0.3) is 10.8 Å². The second kappa shape index (κ2) is 6.58. The number of hydrogen-bond acceptors (Lipinski definition) is 2. The highest BCUT2D eigenvalue weighted by Crippen LogP contribution is 2.27. The highest BCUT2D eigenvalue weighted by Gasteiger charge is 2.27. The molecule has 21 heavy (non-hydrogen) atoms. The Morgan fingerprint density at radius 3 is 2.43 bits per heavy atom. The third kappa shape index (κ3) is 4.28. The van der Waals surface area contributed by atoms with Crippen molar-refractivity contribution in [1.82, 2.24) is 0 Å². The van der Waals surface area contributed by atoms with Crippen molar-refractivity contribution in [1.29, 1.82) is 0 Å². The van der Waals surface area contributed by atoms with Gasteiger partial charge in [0.2, 0.25) is 0 Å². The van der Waals surface area contributed by atoms with E-state index < -0.39 is 12.8 Å². The SMILES string of the molecule is O=C(CCOCC(F)(F)F)c1ccc(Br)c2ccccc12. The van der Waals surface area contributed by atoms with Gasteiger partial charge in [-0.25, -0.2) is 0 Å². The summed E-state index contributed by atoms with van der Waals surface area (Å²) in [4.78, 5) is 12.1. The monoisotopic (exact) mass is 360 g/mol. The van der Waals surface area contributed by atoms with E-state index in [4.69, 9.17) is 0 Å². The maximum absolute atomic E-state index is 12.1. The Balaban J connectivity index is 2.08. The molecule has 0 aliphatic rings. The zero-order chi connectivity index (χ0) is 15.5. The fourth-order valence-electron chi connectivity index (χ4n) is 1.99. The molecular formula is C15H12BrF3O2. The average molecular weight is 361 g/mol. The standard InChI is InChI=1S/C15H12BrF3O2/c16-13-6-5-12(10-3-1-2-4-11(10)13)14(20)7-8-21-9-15(17,18)19/h1-6H,7-9H2. The van der Waals surface area contributed by atoms with Crippen LogP contribution in [0.4, 0.5) is 13.2 Å². The molecule has 0 amide bonds. The zero-order valence-electron chi connectivity index (χ0n) is 10.9. The van der Waals surface area contributed by atoms with Crippen LogP contribution in [-0.4, -0.2) is 25.2 Å². The summed E-state index contributed by atoms with van der Waals surface area (Å²) >= 11 is 3.40. The van der Waals surface area contributed by atoms with Crippen molar-refractivity contribution >= 4 is 32.5 Å². The number of fused-ring (bicyclic) bond motifs is 1. The first-order valence-corrected chi connectivity index (χ1v) is 7.03. The topological polar surface area (TPSA) is 26.3 Å². The van der Waals surface area contributed by atoms with Crippen LogP contribution in [0.1, 0.15) is 16.8 Å². The van der Waals surface area contributed by atoms with Crippen molar-refractivity contribution in [2.24, 2.45) is 0 Å². The molecule has 0 heterocycles. The maximum atomic E-state index is 12.1. The van der Waals surface area contributed by atoms with Crippen molar-refractivity contribution in [3.63, 3.8) is 0 Å². The van der Waals surface area contributed by atoms with E-state index in [-0.39, 0.29) is 18.8 Å². The van der Waals surface area contributed by atoms with Gasteiger partial charge in [0.25, 0.3) is 0 Å². The lowest BCUT2D eigenvalue weighted by Gasteiger charge is -2.09. The number of benzene rings is 2. The molecule has 0 aromatic heterocycles. The predicted molar refractivity (Wildman–Crippen MR) is 77.5 cm³/mol. The largest absolute Gasteiger partial charge is 0.411 e. The van der Waals surface area contributed by atoms with E-state index in [9.17, 15) is 18.0 Å². The normalized spacial score (nSPS) is 11.8. The molecule has 0 aliphatic carbocycles. The van der Waals surface area contributed by atoms with E-state index >= 15 is 0 Å². The van der Waals surface area contributed by atoms with Gasteiger partial charge in [0.05, 0.1) is 6.61 Å². The third-order valence-electron chi connectivity index (χ3n) is 2.91. The lowest BCUT2D eigenvalue weighted by atomic mass is 10.0. The van der Waals surface area contributed by atoms with Gasteiger partial charge in [0.1, 0.15) is 6.61 Å². The summed E-state index contributed by atoms with van der Waals surface area (Å²) in [6, 6.07) is 10.8. The van der Waals surface area contributed by atoms with Gasteiger partial charge in [-0.15, -0.1) is 0 Å². The number of alkyl halides is 3. The first-order chi connectivity index (χ1) is 9.88. The lowest BCUT2D eigenvalue weighted by molar-refractivity contribution is -0.173. The van der Waals surface area contributed by atoms with Crippen molar-refractivity contribution in [2.45, 2.75) is 12.6 Å². The molecule has 2 aromatic carbocycles. The summed E-state index contributed by atoms with van der Waals surface area (Å²) in [5, 5.41) is 1.66. The number of Topliss-reactive ketones (excluding diaryl/α,β-unsaturated/α-hetero) is 1. The van der Waals surface area contributed by atoms with Crippen LogP contribution < -0.4 is 0 Å². The third-order valence-corrected chi connectivity index (χ3v) is 3.60. The fourth-order valence-corrected chi connectivity index (χ4v) is 2.47. The molecule has 2 rings (SSSR count). The minimum Gasteiger partial charge on any atom is -0.372 e. The minimum absolute atomic E-state index is 0.0816. The molecule has 0 fully saturated rings. The molecular weight excluding hydrogens is 349 g/mol. The van der Waals surface area contributed by atoms with Gasteiger partial charge >= 0.3 is 6.18 Å². The molecule has 112 valence electrons. The number of rotatable bonds is 5. The molecule has 0 unspecified atom stereocenters. The highest BCUT2D eigenvalue weighted by atomic mass is 79.9. The van der Waals surface area contributed by atoms with Crippen LogP contribution in [0.3, 0.4) is 0 Å². The van der Waals surface area contributed by atoms with Crippen LogP contribution in [0.5, 0.6) is 0 Å². The molecule has 0 N–H and O–H groups in total. The smallest absolute Gasteiger partial charge is 0.372 e. The first-order valence-electron chi connectivity index (χ1n) is 6.23. The van der Waals surface area contributed by atoms with Gasteiger partial charge in [-0.2, -0.15) is 13.2 Å². The number of halogens is 4. The molecule has 0 atom stereocenters. The molecule has 0 radical (unpaired) electrons. The van der Waals surface area contributed by atoms with Crippen LogP contribution >= 0.6 is 15.9 Å². The molecule has 0 aliphatic heterocycles. The number of ether oxygens (including phenoxy) is 1. The summed E-state index contributed by atoms with van der Waals surface area (Å²) in [7, 11) is 0. The van der Waals surface area contributed by atoms with Crippen LogP contribution in [0.2, 0.25) is 0 Å². The molecule has 0 spiro atoms. The summed E-state index contributed by atoms with van der Waals surface area (Å²) in [5.74, 6) is -0.235. The Kier molecular flexibility index (Phi) is 5.00. The average Bonchev–Trinajstić information content (AvgIpc) is 2.43. The van der Waals surface area contributed by atoms with Crippen LogP contribution in [0, 0.1) is 0 Å². The molecule has 0 saturated carbocycles. The Morgan fingerprint density at radius 1 is 1.10 bits per heavy atom. The molecule has 2 nitrogen and oxygen atoms in total. The second-order valence-electron chi connectivity index (χ2n) is 4.48. The van der Waals surface area contributed by atoms with Crippen molar-refractivity contribution in [2.75, 3.05) is 13.2 Å². The molecule has 0 saturated heterocycles. The van der Waals surface area contributed by atoms with Gasteiger partial charge in [-0.05, 0) is 22.9 Å². The van der Waals surface area contributed by atoms with Crippen LogP contribution in [0.15, 0.2) is 40.9 Å². The summed E-state index contributed by atoms with van der Waals surface area (Å²) in [6.07, 6.45) is -4.45. The summed E-state index contributed by atoms with van der Waals surface area (Å²) in [5.41, 5.74) is 0.490. The van der Waals surface area contributed by atoms with Gasteiger partial charge in [0, 0.05) is 16.5 Å². The number of carbonyl (C=O) groups is 1. The van der Waals surface area contributed by atoms with Crippen molar-refractivity contribution in [3.05, 3.63) is 46.4 Å². The van der Waals surface area contributed by atoms with Crippen molar-refractivity contribution in [3.8, 4) is 0 Å². The second-order valence-corrected chi connectivity index (χ2v) is 5.34. The predicted octanol–water partition coefficient (Wildman–Crippen LogP) is 4.75. The molecule has 0 bridgehead atoms. The Bertz CT molecular complexity index is 653. The molecule has 6 heteroatoms. The Hall–Kier alpha value is -1.40. The van der Waals surface area contributed by atoms with Gasteiger partial charge in [0.15, 0.2) is 5.78 Å². The van der Waals surface area contributed by atoms with Gasteiger partial charge < -0.3 is 4.74 Å². The van der Waals surface area contributed by atoms with Crippen molar-refractivity contribution < 1.29 is 22.7 Å². The lowest BCUT2D eigenvalue weighted by Crippen LogP contribution is -2.18. The quantitative estimate of drug-likeness (QED) is 0.567. The zero-order valence-corrected chi connectivity index (χ0v) is 12.5. The van der Waals surface area contributed by atoms with E-state index in [2.05, 4.69) is 20.7 Å². The van der Waals surface area contributed by atoms with E-state index in [0.29, 0.717) is 5.56 Å². The van der Waals surface area contributed by atoms with E-state index in [0.717, 1.165) is 15.2 Å². The van der Waals surface area contributed by atoms with E-state index in [1.54, 1.807) is 12.1 Å². The number of hydrogen-bond donors (Lipinski definition) is 0. The summed E-state index contributed by atoms with van der Waals surface area (Å²) in [6.45, 7) is -1.58. The Morgan fingerprint density at radius 2 is 1.76 bits per heavy atom. The summed E-state index contributed by atoms with van der Waals surface area (Å²) < 4.78 is 41.2. The number of carbonyl (C=O) groups excluding carboxylic acids is 1. The van der Waals surface area contributed by atoms with Crippen LogP contribution in [-0.2, 0) is 4.74 Å². The maximum Gasteiger partial charge on any atom is 0.411 e. The first kappa shape index (κ1) is 16.0.